The Balaban J connectivity index is 1.59. The van der Waals surface area contributed by atoms with Crippen LogP contribution in [0.4, 0.5) is 0 Å². The molecule has 0 radical (unpaired) electrons. The molecular weight excluding hydrogens is 328 g/mol. The Hall–Kier alpha value is -3.52. The molecule has 128 valence electrons. The molecule has 5 nitrogen and oxygen atoms in total. The van der Waals surface area contributed by atoms with E-state index in [4.69, 9.17) is 18.8 Å². The summed E-state index contributed by atoms with van der Waals surface area (Å²) in [6.07, 6.45) is 2.84. The molecule has 4 aromatic rings. The molecule has 0 saturated carbocycles. The number of nitrogens with zero attached hydrogens (tertiary/aromatic N) is 2. The van der Waals surface area contributed by atoms with Crippen molar-refractivity contribution in [2.45, 2.75) is 12.8 Å². The molecule has 26 heavy (non-hydrogen) atoms. The first-order chi connectivity index (χ1) is 12.8. The zero-order valence-corrected chi connectivity index (χ0v) is 14.0. The van der Waals surface area contributed by atoms with Crippen LogP contribution in [0.25, 0.3) is 33.9 Å². The Morgan fingerprint density at radius 1 is 1.04 bits per heavy atom. The van der Waals surface area contributed by atoms with Gasteiger partial charge in [-0.05, 0) is 55.0 Å². The molecule has 0 aliphatic rings. The molecule has 0 bridgehead atoms. The Labute approximate surface area is 150 Å². The second kappa shape index (κ2) is 7.16. The van der Waals surface area contributed by atoms with Gasteiger partial charge in [-0.25, -0.2) is 4.98 Å². The summed E-state index contributed by atoms with van der Waals surface area (Å²) in [5.41, 5.74) is 3.28. The standard InChI is InChI=1S/C21H16N2O3/c22-10-1-2-11-24-17-6-3-5-16(13-17)21-23-18-9-8-15(14-20(18)26-21)19-7-4-12-25-19/h3-9,12-14H,1-2,11H2. The van der Waals surface area contributed by atoms with Crippen LogP contribution in [0.15, 0.2) is 69.7 Å². The van der Waals surface area contributed by atoms with Crippen LogP contribution < -0.4 is 4.74 Å². The van der Waals surface area contributed by atoms with Gasteiger partial charge in [0.25, 0.3) is 0 Å². The molecule has 2 aromatic heterocycles. The van der Waals surface area contributed by atoms with Crippen molar-refractivity contribution in [3.8, 4) is 34.6 Å². The van der Waals surface area contributed by atoms with Gasteiger partial charge in [0.05, 0.1) is 18.9 Å². The molecule has 0 atom stereocenters. The van der Waals surface area contributed by atoms with Gasteiger partial charge in [0.2, 0.25) is 5.89 Å². The largest absolute Gasteiger partial charge is 0.494 e. The number of nitriles is 1. The molecule has 0 amide bonds. The lowest BCUT2D eigenvalue weighted by atomic mass is 10.1. The number of hydrogen-bond acceptors (Lipinski definition) is 5. The van der Waals surface area contributed by atoms with Crippen LogP contribution in [0.1, 0.15) is 12.8 Å². The summed E-state index contributed by atoms with van der Waals surface area (Å²) in [6, 6.07) is 19.3. The number of fused-ring (bicyclic) bond motifs is 1. The van der Waals surface area contributed by atoms with E-state index in [2.05, 4.69) is 11.1 Å². The summed E-state index contributed by atoms with van der Waals surface area (Å²) in [5.74, 6) is 2.07. The van der Waals surface area contributed by atoms with Crippen LogP contribution in [0, 0.1) is 11.3 Å². The van der Waals surface area contributed by atoms with Crippen molar-refractivity contribution in [3.05, 3.63) is 60.9 Å². The topological polar surface area (TPSA) is 72.2 Å². The highest BCUT2D eigenvalue weighted by atomic mass is 16.5. The van der Waals surface area contributed by atoms with Crippen LogP contribution in [0.3, 0.4) is 0 Å². The van der Waals surface area contributed by atoms with Crippen molar-refractivity contribution >= 4 is 11.1 Å². The average Bonchev–Trinajstić information content (AvgIpc) is 3.34. The molecule has 2 heterocycles. The predicted octanol–water partition coefficient (Wildman–Crippen LogP) is 5.44. The highest BCUT2D eigenvalue weighted by Crippen LogP contribution is 2.30. The van der Waals surface area contributed by atoms with Gasteiger partial charge in [-0.2, -0.15) is 5.26 Å². The molecule has 0 spiro atoms. The minimum atomic E-state index is 0.489. The highest BCUT2D eigenvalue weighted by molar-refractivity contribution is 5.81. The van der Waals surface area contributed by atoms with Crippen LogP contribution in [-0.4, -0.2) is 11.6 Å². The fourth-order valence-electron chi connectivity index (χ4n) is 2.70. The average molecular weight is 344 g/mol. The zero-order chi connectivity index (χ0) is 17.8. The van der Waals surface area contributed by atoms with E-state index >= 15 is 0 Å². The maximum absolute atomic E-state index is 8.57. The van der Waals surface area contributed by atoms with Crippen LogP contribution in [0.5, 0.6) is 5.75 Å². The van der Waals surface area contributed by atoms with Crippen LogP contribution in [0.2, 0.25) is 0 Å². The summed E-state index contributed by atoms with van der Waals surface area (Å²) in [5, 5.41) is 8.57. The molecule has 0 fully saturated rings. The molecule has 2 aromatic carbocycles. The minimum Gasteiger partial charge on any atom is -0.494 e. The first-order valence-electron chi connectivity index (χ1n) is 8.38. The van der Waals surface area contributed by atoms with Gasteiger partial charge in [-0.15, -0.1) is 0 Å². The lowest BCUT2D eigenvalue weighted by Crippen LogP contribution is -1.96. The Bertz CT molecular complexity index is 1060. The fraction of sp³-hybridized carbons (Fsp3) is 0.143. The van der Waals surface area contributed by atoms with Crippen molar-refractivity contribution in [2.75, 3.05) is 6.61 Å². The van der Waals surface area contributed by atoms with Crippen molar-refractivity contribution in [2.24, 2.45) is 0 Å². The Morgan fingerprint density at radius 2 is 2.00 bits per heavy atom. The lowest BCUT2D eigenvalue weighted by Gasteiger charge is -2.05. The van der Waals surface area contributed by atoms with Crippen molar-refractivity contribution < 1.29 is 13.6 Å². The van der Waals surface area contributed by atoms with Crippen LogP contribution >= 0.6 is 0 Å². The summed E-state index contributed by atoms with van der Waals surface area (Å²) >= 11 is 0. The van der Waals surface area contributed by atoms with Gasteiger partial charge in [0.15, 0.2) is 5.58 Å². The first kappa shape index (κ1) is 16.0. The smallest absolute Gasteiger partial charge is 0.227 e. The molecule has 0 N–H and O–H groups in total. The molecule has 0 aliphatic heterocycles. The predicted molar refractivity (Wildman–Crippen MR) is 97.5 cm³/mol. The summed E-state index contributed by atoms with van der Waals surface area (Å²) < 4.78 is 17.1. The maximum Gasteiger partial charge on any atom is 0.227 e. The van der Waals surface area contributed by atoms with E-state index in [0.29, 0.717) is 30.9 Å². The summed E-state index contributed by atoms with van der Waals surface area (Å²) in [6.45, 7) is 0.511. The maximum atomic E-state index is 8.57. The monoisotopic (exact) mass is 344 g/mol. The second-order valence-electron chi connectivity index (χ2n) is 5.82. The summed E-state index contributed by atoms with van der Waals surface area (Å²) in [7, 11) is 0. The first-order valence-corrected chi connectivity index (χ1v) is 8.38. The van der Waals surface area contributed by atoms with E-state index in [1.807, 2.05) is 54.6 Å². The second-order valence-corrected chi connectivity index (χ2v) is 5.82. The van der Waals surface area contributed by atoms with Crippen molar-refractivity contribution in [1.82, 2.24) is 4.98 Å². The lowest BCUT2D eigenvalue weighted by molar-refractivity contribution is 0.313. The summed E-state index contributed by atoms with van der Waals surface area (Å²) in [4.78, 5) is 4.56. The van der Waals surface area contributed by atoms with Gasteiger partial charge in [-0.3, -0.25) is 0 Å². The van der Waals surface area contributed by atoms with E-state index in [1.165, 1.54) is 0 Å². The van der Waals surface area contributed by atoms with Crippen molar-refractivity contribution in [3.63, 3.8) is 0 Å². The third-order valence-electron chi connectivity index (χ3n) is 3.98. The van der Waals surface area contributed by atoms with E-state index in [0.717, 1.165) is 28.2 Å². The number of furan rings is 1. The van der Waals surface area contributed by atoms with E-state index in [9.17, 15) is 0 Å². The van der Waals surface area contributed by atoms with Gasteiger partial charge in [-0.1, -0.05) is 6.07 Å². The number of oxazole rings is 1. The Kier molecular flexibility index (Phi) is 4.40. The fourth-order valence-corrected chi connectivity index (χ4v) is 2.70. The number of aromatic nitrogens is 1. The minimum absolute atomic E-state index is 0.489. The van der Waals surface area contributed by atoms with E-state index in [1.54, 1.807) is 6.26 Å². The zero-order valence-electron chi connectivity index (χ0n) is 14.0. The molecule has 0 saturated heterocycles. The number of hydrogen-bond donors (Lipinski definition) is 0. The normalized spacial score (nSPS) is 10.7. The van der Waals surface area contributed by atoms with Gasteiger partial charge in [0.1, 0.15) is 17.0 Å². The van der Waals surface area contributed by atoms with E-state index < -0.39 is 0 Å². The molecule has 5 heteroatoms. The number of rotatable bonds is 6. The third kappa shape index (κ3) is 3.31. The third-order valence-corrected chi connectivity index (χ3v) is 3.98. The molecule has 0 aliphatic carbocycles. The van der Waals surface area contributed by atoms with Gasteiger partial charge in [0, 0.05) is 17.5 Å². The van der Waals surface area contributed by atoms with Gasteiger partial charge >= 0.3 is 0 Å². The number of ether oxygens (including phenoxy) is 1. The highest BCUT2D eigenvalue weighted by Gasteiger charge is 2.11. The van der Waals surface area contributed by atoms with Crippen molar-refractivity contribution in [1.29, 1.82) is 5.26 Å². The van der Waals surface area contributed by atoms with E-state index in [-0.39, 0.29) is 0 Å². The SMILES string of the molecule is N#CCCCOc1cccc(-c2nc3ccc(-c4ccco4)cc3o2)c1. The molecular formula is C21H16N2O3. The number of benzene rings is 2. The Morgan fingerprint density at radius 3 is 2.85 bits per heavy atom. The number of unbranched alkanes of at least 4 members (excludes halogenated alkanes) is 1. The van der Waals surface area contributed by atoms with Gasteiger partial charge < -0.3 is 13.6 Å². The van der Waals surface area contributed by atoms with Crippen LogP contribution in [-0.2, 0) is 0 Å². The molecule has 0 unspecified atom stereocenters. The molecule has 4 rings (SSSR count). The quantitative estimate of drug-likeness (QED) is 0.436.